The Morgan fingerprint density at radius 2 is 1.56 bits per heavy atom. The molecule has 0 radical (unpaired) electrons. The van der Waals surface area contributed by atoms with E-state index in [0.29, 0.717) is 79.6 Å². The molecule has 0 fully saturated rings. The average Bonchev–Trinajstić information content (AvgIpc) is 3.42. The first-order valence-corrected chi connectivity index (χ1v) is 22.6. The Balaban J connectivity index is 1.33. The Bertz CT molecular complexity index is 2040. The molecule has 0 aliphatic heterocycles. The number of fused-ring (bicyclic) bond motifs is 1. The van der Waals surface area contributed by atoms with Crippen LogP contribution >= 0.6 is 0 Å². The molecule has 1 aliphatic carbocycles. The number of esters is 1. The molecule has 6 N–H and O–H groups in total. The molecule has 12 nitrogen and oxygen atoms in total. The number of allylic oxidation sites excluding steroid dienone is 6. The number of nitrogens with two attached hydrogens (primary N) is 1. The number of aliphatic hydroxyl groups excluding tert-OH is 2. The molecule has 0 saturated carbocycles. The van der Waals surface area contributed by atoms with Gasteiger partial charge in [-0.25, -0.2) is 4.79 Å². The van der Waals surface area contributed by atoms with Gasteiger partial charge in [0.25, 0.3) is 0 Å². The number of benzene rings is 1. The zero-order valence-corrected chi connectivity index (χ0v) is 38.4. The molecule has 1 aromatic carbocycles. The number of aryl methyl sites for hydroxylation is 1. The van der Waals surface area contributed by atoms with Gasteiger partial charge < -0.3 is 35.7 Å². The van der Waals surface area contributed by atoms with Crippen molar-refractivity contribution in [2.75, 3.05) is 32.0 Å². The van der Waals surface area contributed by atoms with Gasteiger partial charge in [-0.2, -0.15) is 0 Å². The largest absolute Gasteiger partial charge is 0.504 e. The predicted octanol–water partition coefficient (Wildman–Crippen LogP) is 8.97. The van der Waals surface area contributed by atoms with Crippen LogP contribution in [-0.4, -0.2) is 60.1 Å². The second kappa shape index (κ2) is 25.8. The van der Waals surface area contributed by atoms with Gasteiger partial charge in [0.15, 0.2) is 5.76 Å². The third kappa shape index (κ3) is 15.7. The summed E-state index contributed by atoms with van der Waals surface area (Å²) < 4.78 is 11.0. The van der Waals surface area contributed by atoms with E-state index in [0.717, 1.165) is 55.9 Å². The highest BCUT2D eigenvalue weighted by Gasteiger charge is 2.51. The fraction of sp³-hybridized carbons (Fsp3) is 0.580. The van der Waals surface area contributed by atoms with Crippen LogP contribution in [0.15, 0.2) is 73.7 Å². The third-order valence-corrected chi connectivity index (χ3v) is 12.1. The highest BCUT2D eigenvalue weighted by Crippen LogP contribution is 2.50. The summed E-state index contributed by atoms with van der Waals surface area (Å²) in [6, 6.07) is 5.09. The molecule has 3 atom stereocenters. The van der Waals surface area contributed by atoms with Crippen LogP contribution in [0.25, 0.3) is 11.0 Å². The Labute approximate surface area is 368 Å². The first kappa shape index (κ1) is 51.4. The van der Waals surface area contributed by atoms with E-state index in [-0.39, 0.29) is 67.2 Å². The summed E-state index contributed by atoms with van der Waals surface area (Å²) in [6.07, 6.45) is 16.1. The number of carbonyl (C=O) groups excluding carboxylic acids is 4. The highest BCUT2D eigenvalue weighted by molar-refractivity contribution is 6.02. The van der Waals surface area contributed by atoms with Crippen molar-refractivity contribution in [3.63, 3.8) is 0 Å². The number of hydrogen-bond acceptors (Lipinski definition) is 10. The Morgan fingerprint density at radius 3 is 2.24 bits per heavy atom. The lowest BCUT2D eigenvalue weighted by Crippen LogP contribution is -2.32. The van der Waals surface area contributed by atoms with Crippen LogP contribution in [0.3, 0.4) is 0 Å². The quantitative estimate of drug-likeness (QED) is 0.0190. The molecule has 3 unspecified atom stereocenters. The lowest BCUT2D eigenvalue weighted by molar-refractivity contribution is -0.144. The van der Waals surface area contributed by atoms with Gasteiger partial charge in [0.05, 0.1) is 25.2 Å². The van der Waals surface area contributed by atoms with E-state index in [1.165, 1.54) is 11.1 Å². The molecule has 12 heteroatoms. The minimum atomic E-state index is -0.868. The van der Waals surface area contributed by atoms with E-state index in [9.17, 15) is 34.2 Å². The summed E-state index contributed by atoms with van der Waals surface area (Å²) in [6.45, 7) is 14.7. The Kier molecular flexibility index (Phi) is 21.4. The van der Waals surface area contributed by atoms with Gasteiger partial charge in [-0.05, 0) is 109 Å². The molecule has 1 aliphatic rings. The third-order valence-electron chi connectivity index (χ3n) is 12.1. The number of ketones is 1. The van der Waals surface area contributed by atoms with Crippen LogP contribution < -0.4 is 22.0 Å². The minimum absolute atomic E-state index is 0.0430. The Hall–Kier alpha value is -4.97. The lowest BCUT2D eigenvalue weighted by Gasteiger charge is -2.32. The number of anilines is 1. The van der Waals surface area contributed by atoms with Crippen LogP contribution in [-0.2, 0) is 30.3 Å². The highest BCUT2D eigenvalue weighted by atomic mass is 16.5. The first-order valence-electron chi connectivity index (χ1n) is 22.6. The first-order chi connectivity index (χ1) is 29.5. The number of unbranched alkanes of at least 4 members (excludes halogenated alkanes) is 4. The van der Waals surface area contributed by atoms with E-state index in [1.807, 2.05) is 26.8 Å². The van der Waals surface area contributed by atoms with E-state index in [1.54, 1.807) is 25.1 Å². The van der Waals surface area contributed by atoms with Crippen molar-refractivity contribution >= 4 is 40.2 Å². The molecule has 0 bridgehead atoms. The summed E-state index contributed by atoms with van der Waals surface area (Å²) in [5.41, 5.74) is 10.2. The zero-order valence-electron chi connectivity index (χ0n) is 38.4. The summed E-state index contributed by atoms with van der Waals surface area (Å²) in [4.78, 5) is 63.8. The minimum Gasteiger partial charge on any atom is -0.504 e. The topological polar surface area (TPSA) is 198 Å². The van der Waals surface area contributed by atoms with Crippen molar-refractivity contribution in [3.8, 4) is 0 Å². The van der Waals surface area contributed by atoms with Gasteiger partial charge in [-0.15, -0.1) is 0 Å². The predicted molar refractivity (Wildman–Crippen MR) is 246 cm³/mol. The van der Waals surface area contributed by atoms with Crippen LogP contribution in [0.5, 0.6) is 0 Å². The number of aliphatic hydroxyl groups is 2. The molecule has 2 aromatic rings. The normalized spacial score (nSPS) is 17.8. The van der Waals surface area contributed by atoms with Crippen molar-refractivity contribution in [2.24, 2.45) is 17.3 Å². The maximum absolute atomic E-state index is 13.7. The van der Waals surface area contributed by atoms with Gasteiger partial charge in [-0.3, -0.25) is 19.2 Å². The number of rotatable bonds is 27. The molecular weight excluding hydrogens is 787 g/mol. The van der Waals surface area contributed by atoms with Crippen molar-refractivity contribution in [2.45, 2.75) is 145 Å². The molecular formula is C50H73N3O9. The standard InChI is InChI=1S/C50H73N3O9/c1-8-16-33(2)17-15-18-34(3)25-26-50(7)41(24-21-35(4)31-54)46(47(58)48(50)59)36(5)32-61-45(57)20-12-10-14-27-52-43(55)19-11-9-13-28-53-44(56)30-40-37(6)39-23-22-38(51)29-42(39)62-49(40)60/h17,21-23,25,29,36,41,54,58H,8-16,18-20,24,26-28,30-32,51H2,1-7H3,(H,52,55)(H,53,56)/b33-17-,34-25+,35-21+. The van der Waals surface area contributed by atoms with E-state index < -0.39 is 11.0 Å². The molecule has 1 aromatic heterocycles. The number of ether oxygens (including phenoxy) is 1. The van der Waals surface area contributed by atoms with Crippen molar-refractivity contribution in [3.05, 3.63) is 86.0 Å². The van der Waals surface area contributed by atoms with Crippen LogP contribution in [0.4, 0.5) is 5.69 Å². The fourth-order valence-corrected chi connectivity index (χ4v) is 8.10. The number of carbonyl (C=O) groups is 4. The van der Waals surface area contributed by atoms with Crippen LogP contribution in [0.1, 0.15) is 143 Å². The lowest BCUT2D eigenvalue weighted by atomic mass is 9.70. The number of amides is 2. The number of hydrogen-bond donors (Lipinski definition) is 5. The average molecular weight is 860 g/mol. The smallest absolute Gasteiger partial charge is 0.340 e. The Morgan fingerprint density at radius 1 is 0.903 bits per heavy atom. The SMILES string of the molecule is CCC/C(C)=C\CC/C(C)=C/CC1(C)C(=O)C(O)=C(C(C)COC(=O)CCCCCNC(=O)CCCCCNC(=O)Cc2c(C)c3ccc(N)cc3oc2=O)C1C/C=C(\C)CO. The van der Waals surface area contributed by atoms with Crippen molar-refractivity contribution in [1.82, 2.24) is 10.6 Å². The molecule has 62 heavy (non-hydrogen) atoms. The maximum atomic E-state index is 13.7. The monoisotopic (exact) mass is 860 g/mol. The molecule has 3 rings (SSSR count). The van der Waals surface area contributed by atoms with Gasteiger partial charge in [0, 0.05) is 60.3 Å². The zero-order chi connectivity index (χ0) is 45.8. The number of nitrogen functional groups attached to an aromatic ring is 1. The summed E-state index contributed by atoms with van der Waals surface area (Å²) in [5, 5.41) is 27.4. The second-order valence-corrected chi connectivity index (χ2v) is 17.5. The van der Waals surface area contributed by atoms with Crippen LogP contribution in [0.2, 0.25) is 0 Å². The maximum Gasteiger partial charge on any atom is 0.340 e. The molecule has 0 saturated heterocycles. The van der Waals surface area contributed by atoms with Gasteiger partial charge >= 0.3 is 11.6 Å². The second-order valence-electron chi connectivity index (χ2n) is 17.5. The van der Waals surface area contributed by atoms with Crippen molar-refractivity contribution in [1.29, 1.82) is 0 Å². The summed E-state index contributed by atoms with van der Waals surface area (Å²) >= 11 is 0. The number of nitrogens with one attached hydrogen (secondary N) is 2. The molecule has 2 amide bonds. The molecule has 0 spiro atoms. The summed E-state index contributed by atoms with van der Waals surface area (Å²) in [7, 11) is 0. The molecule has 342 valence electrons. The fourth-order valence-electron chi connectivity index (χ4n) is 8.10. The van der Waals surface area contributed by atoms with Crippen LogP contribution in [0, 0.1) is 24.2 Å². The molecule has 1 heterocycles. The van der Waals surface area contributed by atoms with E-state index in [2.05, 4.69) is 43.6 Å². The number of Topliss-reactive ketones (excluding diaryl/α,β-unsaturated/α-hetero) is 1. The van der Waals surface area contributed by atoms with E-state index in [4.69, 9.17) is 14.9 Å². The van der Waals surface area contributed by atoms with Crippen molar-refractivity contribution < 1.29 is 38.5 Å². The van der Waals surface area contributed by atoms with E-state index >= 15 is 0 Å². The summed E-state index contributed by atoms with van der Waals surface area (Å²) in [5.74, 6) is -1.88. The van der Waals surface area contributed by atoms with Gasteiger partial charge in [0.2, 0.25) is 17.6 Å². The van der Waals surface area contributed by atoms with Gasteiger partial charge in [0.1, 0.15) is 5.58 Å². The van der Waals surface area contributed by atoms with Gasteiger partial charge in [-0.1, -0.05) is 75.0 Å².